The average molecular weight is 382 g/mol. The van der Waals surface area contributed by atoms with E-state index in [0.29, 0.717) is 11.4 Å². The van der Waals surface area contributed by atoms with Crippen LogP contribution in [0.25, 0.3) is 10.4 Å². The molecule has 4 nitrogen and oxygen atoms in total. The monoisotopic (exact) mass is 382 g/mol. The zero-order valence-electron chi connectivity index (χ0n) is 14.6. The summed E-state index contributed by atoms with van der Waals surface area (Å²) in [6.45, 7) is 0.656. The molecule has 0 aliphatic rings. The molecule has 138 valence electrons. The van der Waals surface area contributed by atoms with Gasteiger partial charge in [0.25, 0.3) is 5.91 Å². The summed E-state index contributed by atoms with van der Waals surface area (Å²) in [6, 6.07) is 19.4. The number of nitrogens with zero attached hydrogens (tertiary/aromatic N) is 1. The van der Waals surface area contributed by atoms with Crippen molar-refractivity contribution < 1.29 is 14.0 Å². The van der Waals surface area contributed by atoms with Crippen LogP contribution in [0.5, 0.6) is 0 Å². The number of primary amides is 1. The zero-order valence-corrected chi connectivity index (χ0v) is 15.4. The minimum absolute atomic E-state index is 0.106. The molecule has 2 aromatic carbocycles. The second-order valence-corrected chi connectivity index (χ2v) is 7.18. The highest BCUT2D eigenvalue weighted by Gasteiger charge is 2.19. The molecule has 0 spiro atoms. The highest BCUT2D eigenvalue weighted by Crippen LogP contribution is 2.29. The smallest absolute Gasteiger partial charge is 0.264 e. The predicted molar refractivity (Wildman–Crippen MR) is 105 cm³/mol. The molecule has 6 heteroatoms. The van der Waals surface area contributed by atoms with E-state index in [0.717, 1.165) is 16.0 Å². The molecule has 2 N–H and O–H groups in total. The molecule has 2 amide bonds. The predicted octanol–water partition coefficient (Wildman–Crippen LogP) is 4.07. The van der Waals surface area contributed by atoms with Crippen molar-refractivity contribution in [2.75, 3.05) is 6.54 Å². The van der Waals surface area contributed by atoms with E-state index in [1.807, 2.05) is 36.4 Å². The van der Waals surface area contributed by atoms with Crippen LogP contribution in [-0.4, -0.2) is 23.3 Å². The van der Waals surface area contributed by atoms with Gasteiger partial charge in [-0.2, -0.15) is 0 Å². The van der Waals surface area contributed by atoms with E-state index < -0.39 is 5.91 Å². The Morgan fingerprint density at radius 2 is 1.67 bits per heavy atom. The fourth-order valence-corrected chi connectivity index (χ4v) is 3.66. The molecule has 0 saturated heterocycles. The molecule has 1 aromatic heterocycles. The first-order valence-corrected chi connectivity index (χ1v) is 9.32. The van der Waals surface area contributed by atoms with Gasteiger partial charge in [-0.25, -0.2) is 4.39 Å². The van der Waals surface area contributed by atoms with Crippen molar-refractivity contribution >= 4 is 23.2 Å². The molecule has 0 atom stereocenters. The van der Waals surface area contributed by atoms with E-state index in [1.165, 1.54) is 23.5 Å². The quantitative estimate of drug-likeness (QED) is 0.669. The van der Waals surface area contributed by atoms with Gasteiger partial charge in [0.05, 0.1) is 4.88 Å². The number of nitrogens with two attached hydrogens (primary N) is 1. The van der Waals surface area contributed by atoms with Crippen LogP contribution < -0.4 is 5.73 Å². The standard InChI is InChI=1S/C21H19FN2O2S/c22-17-8-6-16(7-9-17)18-10-11-19(27-18)21(26)24(13-12-20(23)25)14-15-4-2-1-3-5-15/h1-11H,12-14H2,(H2,23,25). The lowest BCUT2D eigenvalue weighted by atomic mass is 10.2. The molecule has 0 aliphatic carbocycles. The van der Waals surface area contributed by atoms with Gasteiger partial charge in [0, 0.05) is 24.4 Å². The fraction of sp³-hybridized carbons (Fsp3) is 0.143. The Morgan fingerprint density at radius 3 is 2.33 bits per heavy atom. The number of rotatable bonds is 7. The van der Waals surface area contributed by atoms with E-state index >= 15 is 0 Å². The average Bonchev–Trinajstić information content (AvgIpc) is 3.16. The van der Waals surface area contributed by atoms with E-state index in [9.17, 15) is 14.0 Å². The molecule has 1 heterocycles. The molecule has 3 aromatic rings. The lowest BCUT2D eigenvalue weighted by Gasteiger charge is -2.21. The lowest BCUT2D eigenvalue weighted by Crippen LogP contribution is -2.33. The van der Waals surface area contributed by atoms with Crippen LogP contribution in [0.4, 0.5) is 4.39 Å². The van der Waals surface area contributed by atoms with Crippen LogP contribution in [-0.2, 0) is 11.3 Å². The van der Waals surface area contributed by atoms with E-state index in [4.69, 9.17) is 5.73 Å². The molecule has 0 fully saturated rings. The summed E-state index contributed by atoms with van der Waals surface area (Å²) in [5.41, 5.74) is 7.09. The first-order valence-electron chi connectivity index (χ1n) is 8.50. The maximum Gasteiger partial charge on any atom is 0.264 e. The van der Waals surface area contributed by atoms with Gasteiger partial charge in [0.2, 0.25) is 5.91 Å². The first kappa shape index (κ1) is 18.8. The normalized spacial score (nSPS) is 10.6. The van der Waals surface area contributed by atoms with Crippen LogP contribution in [0.15, 0.2) is 66.7 Å². The fourth-order valence-electron chi connectivity index (χ4n) is 2.68. The van der Waals surface area contributed by atoms with Gasteiger partial charge in [-0.1, -0.05) is 42.5 Å². The molecule has 0 saturated carbocycles. The maximum atomic E-state index is 13.1. The summed E-state index contributed by atoms with van der Waals surface area (Å²) in [5, 5.41) is 0. The Hall–Kier alpha value is -2.99. The Balaban J connectivity index is 1.80. The molecule has 3 rings (SSSR count). The van der Waals surface area contributed by atoms with Crippen molar-refractivity contribution in [1.82, 2.24) is 4.90 Å². The summed E-state index contributed by atoms with van der Waals surface area (Å²) >= 11 is 1.34. The number of amides is 2. The van der Waals surface area contributed by atoms with Crippen molar-refractivity contribution in [2.45, 2.75) is 13.0 Å². The maximum absolute atomic E-state index is 13.1. The summed E-state index contributed by atoms with van der Waals surface area (Å²) in [5.74, 6) is -0.899. The number of hydrogen-bond acceptors (Lipinski definition) is 3. The number of thiophene rings is 1. The number of carbonyl (C=O) groups is 2. The number of hydrogen-bond donors (Lipinski definition) is 1. The topological polar surface area (TPSA) is 63.4 Å². The van der Waals surface area contributed by atoms with Gasteiger partial charge in [-0.15, -0.1) is 11.3 Å². The van der Waals surface area contributed by atoms with E-state index in [1.54, 1.807) is 23.1 Å². The second-order valence-electron chi connectivity index (χ2n) is 6.10. The van der Waals surface area contributed by atoms with Gasteiger partial charge in [0.1, 0.15) is 5.82 Å². The molecular formula is C21H19FN2O2S. The third kappa shape index (κ3) is 5.01. The molecular weight excluding hydrogens is 363 g/mol. The van der Waals surface area contributed by atoms with Gasteiger partial charge in [0.15, 0.2) is 0 Å². The minimum atomic E-state index is -0.445. The zero-order chi connectivity index (χ0) is 19.2. The third-order valence-electron chi connectivity index (χ3n) is 4.08. The Bertz CT molecular complexity index is 923. The van der Waals surface area contributed by atoms with Crippen molar-refractivity contribution in [3.8, 4) is 10.4 Å². The molecule has 27 heavy (non-hydrogen) atoms. The molecule has 0 radical (unpaired) electrons. The van der Waals surface area contributed by atoms with Crippen LogP contribution in [0, 0.1) is 5.82 Å². The molecule has 0 unspecified atom stereocenters. The van der Waals surface area contributed by atoms with Crippen molar-refractivity contribution in [3.63, 3.8) is 0 Å². The number of benzene rings is 2. The van der Waals surface area contributed by atoms with Gasteiger partial charge in [-0.05, 0) is 35.4 Å². The Labute approximate surface area is 161 Å². The lowest BCUT2D eigenvalue weighted by molar-refractivity contribution is -0.118. The molecule has 0 aliphatic heterocycles. The van der Waals surface area contributed by atoms with Gasteiger partial charge in [-0.3, -0.25) is 9.59 Å². The second kappa shape index (κ2) is 8.60. The molecule has 0 bridgehead atoms. The highest BCUT2D eigenvalue weighted by molar-refractivity contribution is 7.17. The third-order valence-corrected chi connectivity index (χ3v) is 5.20. The first-order chi connectivity index (χ1) is 13.0. The van der Waals surface area contributed by atoms with Crippen LogP contribution in [0.3, 0.4) is 0 Å². The summed E-state index contributed by atoms with van der Waals surface area (Å²) in [6.07, 6.45) is 0.106. The highest BCUT2D eigenvalue weighted by atomic mass is 32.1. The van der Waals surface area contributed by atoms with E-state index in [2.05, 4.69) is 0 Å². The number of halogens is 1. The Morgan fingerprint density at radius 1 is 0.963 bits per heavy atom. The largest absolute Gasteiger partial charge is 0.370 e. The van der Waals surface area contributed by atoms with Crippen LogP contribution >= 0.6 is 11.3 Å². The van der Waals surface area contributed by atoms with Gasteiger partial charge < -0.3 is 10.6 Å². The SMILES string of the molecule is NC(=O)CCN(Cc1ccccc1)C(=O)c1ccc(-c2ccc(F)cc2)s1. The van der Waals surface area contributed by atoms with Gasteiger partial charge >= 0.3 is 0 Å². The van der Waals surface area contributed by atoms with Crippen molar-refractivity contribution in [3.05, 3.63) is 83.0 Å². The van der Waals surface area contributed by atoms with Crippen LogP contribution in [0.2, 0.25) is 0 Å². The summed E-state index contributed by atoms with van der Waals surface area (Å²) in [4.78, 5) is 27.2. The summed E-state index contributed by atoms with van der Waals surface area (Å²) in [7, 11) is 0. The van der Waals surface area contributed by atoms with Crippen LogP contribution in [0.1, 0.15) is 21.7 Å². The van der Waals surface area contributed by atoms with E-state index in [-0.39, 0.29) is 24.7 Å². The summed E-state index contributed by atoms with van der Waals surface area (Å²) < 4.78 is 13.1. The Kier molecular flexibility index (Phi) is 5.98. The van der Waals surface area contributed by atoms with Crippen molar-refractivity contribution in [1.29, 1.82) is 0 Å². The minimum Gasteiger partial charge on any atom is -0.370 e. The number of carbonyl (C=O) groups excluding carboxylic acids is 2. The van der Waals surface area contributed by atoms with Crippen molar-refractivity contribution in [2.24, 2.45) is 5.73 Å².